The first kappa shape index (κ1) is 20.2. The topological polar surface area (TPSA) is 8.17 Å². The Hall–Kier alpha value is -2.15. The van der Waals surface area contributed by atoms with Gasteiger partial charge in [0.05, 0.1) is 11.4 Å². The third kappa shape index (κ3) is 5.69. The van der Waals surface area contributed by atoms with Crippen molar-refractivity contribution >= 4 is 21.8 Å². The fourth-order valence-electron chi connectivity index (χ4n) is 2.31. The fraction of sp³-hybridized carbons (Fsp3) is 0.364. The monoisotopic (exact) mass is 378 g/mol. The first-order chi connectivity index (χ1) is 12.0. The van der Waals surface area contributed by atoms with Gasteiger partial charge in [-0.2, -0.15) is 0 Å². The molecule has 1 aromatic carbocycles. The van der Waals surface area contributed by atoms with E-state index in [2.05, 4.69) is 122 Å². The molecule has 2 nitrogen and oxygen atoms in total. The predicted octanol–water partition coefficient (Wildman–Crippen LogP) is 5.00. The zero-order valence-corrected chi connectivity index (χ0v) is 19.4. The molecule has 0 amide bonds. The van der Waals surface area contributed by atoms with Crippen LogP contribution < -0.4 is 4.90 Å². The van der Waals surface area contributed by atoms with E-state index in [1.165, 1.54) is 5.69 Å². The van der Waals surface area contributed by atoms with E-state index in [-0.39, 0.29) is 0 Å². The number of hydrogen-bond acceptors (Lipinski definition) is 1. The molecule has 1 heterocycles. The molecule has 136 valence electrons. The van der Waals surface area contributed by atoms with Crippen LogP contribution in [-0.2, 0) is 0 Å². The average Bonchev–Trinajstić information content (AvgIpc) is 2.92. The van der Waals surface area contributed by atoms with Gasteiger partial charge in [0.25, 0.3) is 0 Å². The summed E-state index contributed by atoms with van der Waals surface area (Å²) in [6.07, 6.45) is 0. The van der Waals surface area contributed by atoms with Gasteiger partial charge in [-0.15, -0.1) is 11.1 Å². The van der Waals surface area contributed by atoms with E-state index in [0.29, 0.717) is 0 Å². The molecule has 0 aliphatic heterocycles. The molecule has 0 aliphatic carbocycles. The maximum absolute atomic E-state index is 3.48. The van der Waals surface area contributed by atoms with Crippen molar-refractivity contribution in [2.45, 2.75) is 39.3 Å². The fourth-order valence-corrected chi connectivity index (χ4v) is 3.32. The van der Waals surface area contributed by atoms with E-state index < -0.39 is 16.1 Å². The molecule has 0 unspecified atom stereocenters. The largest absolute Gasteiger partial charge is 0.378 e. The summed E-state index contributed by atoms with van der Waals surface area (Å²) in [5, 5.41) is 0. The average molecular weight is 379 g/mol. The third-order valence-electron chi connectivity index (χ3n) is 3.64. The summed E-state index contributed by atoms with van der Waals surface area (Å²) in [4.78, 5) is 2.11. The maximum atomic E-state index is 3.48. The van der Waals surface area contributed by atoms with E-state index >= 15 is 0 Å². The normalized spacial score (nSPS) is 11.2. The molecule has 26 heavy (non-hydrogen) atoms. The number of aromatic nitrogens is 1. The third-order valence-corrected chi connectivity index (χ3v) is 5.39. The van der Waals surface area contributed by atoms with E-state index in [4.69, 9.17) is 0 Å². The van der Waals surface area contributed by atoms with Crippen LogP contribution in [0, 0.1) is 22.9 Å². The highest BCUT2D eigenvalue weighted by molar-refractivity contribution is 6.84. The van der Waals surface area contributed by atoms with E-state index in [0.717, 1.165) is 17.1 Å². The Morgan fingerprint density at radius 1 is 0.692 bits per heavy atom. The SMILES string of the molecule is CN(C)c1ccc(-n2c(C#C[Si](C)(C)C)ccc2C#C[Si](C)(C)C)cc1. The summed E-state index contributed by atoms with van der Waals surface area (Å²) < 4.78 is 2.19. The van der Waals surface area contributed by atoms with Crippen molar-refractivity contribution in [1.29, 1.82) is 0 Å². The molecule has 0 atom stereocenters. The van der Waals surface area contributed by atoms with Gasteiger partial charge < -0.3 is 4.90 Å². The quantitative estimate of drug-likeness (QED) is 0.527. The van der Waals surface area contributed by atoms with Crippen molar-refractivity contribution in [2.75, 3.05) is 19.0 Å². The van der Waals surface area contributed by atoms with Crippen LogP contribution in [0.25, 0.3) is 5.69 Å². The minimum Gasteiger partial charge on any atom is -0.378 e. The van der Waals surface area contributed by atoms with Crippen LogP contribution >= 0.6 is 0 Å². The van der Waals surface area contributed by atoms with Crippen LogP contribution in [0.15, 0.2) is 36.4 Å². The number of nitrogens with zero attached hydrogens (tertiary/aromatic N) is 2. The predicted molar refractivity (Wildman–Crippen MR) is 121 cm³/mol. The molecule has 0 N–H and O–H groups in total. The van der Waals surface area contributed by atoms with Gasteiger partial charge in [0, 0.05) is 25.5 Å². The van der Waals surface area contributed by atoms with Gasteiger partial charge in [0.1, 0.15) is 16.1 Å². The van der Waals surface area contributed by atoms with Gasteiger partial charge in [-0.1, -0.05) is 51.1 Å². The van der Waals surface area contributed by atoms with Crippen LogP contribution in [0.5, 0.6) is 0 Å². The Morgan fingerprint density at radius 2 is 1.12 bits per heavy atom. The van der Waals surface area contributed by atoms with Crippen molar-refractivity contribution in [3.8, 4) is 28.6 Å². The van der Waals surface area contributed by atoms with E-state index in [1.54, 1.807) is 0 Å². The molecule has 0 saturated carbocycles. The first-order valence-corrected chi connectivity index (χ1v) is 16.0. The summed E-state index contributed by atoms with van der Waals surface area (Å²) in [7, 11) is 1.24. The lowest BCUT2D eigenvalue weighted by molar-refractivity contribution is 1.03. The zero-order valence-electron chi connectivity index (χ0n) is 17.4. The highest BCUT2D eigenvalue weighted by Crippen LogP contribution is 2.20. The van der Waals surface area contributed by atoms with Gasteiger partial charge >= 0.3 is 0 Å². The molecular formula is C22H30N2Si2. The molecule has 4 heteroatoms. The Morgan fingerprint density at radius 3 is 1.46 bits per heavy atom. The summed E-state index contributed by atoms with van der Waals surface area (Å²) in [5.74, 6) is 6.83. The lowest BCUT2D eigenvalue weighted by Crippen LogP contribution is -2.17. The summed E-state index contributed by atoms with van der Waals surface area (Å²) >= 11 is 0. The molecule has 0 spiro atoms. The first-order valence-electron chi connectivity index (χ1n) is 9.02. The van der Waals surface area contributed by atoms with Crippen LogP contribution in [0.2, 0.25) is 39.3 Å². The maximum Gasteiger partial charge on any atom is 0.129 e. The van der Waals surface area contributed by atoms with Gasteiger partial charge in [-0.25, -0.2) is 0 Å². The van der Waals surface area contributed by atoms with Crippen molar-refractivity contribution in [2.24, 2.45) is 0 Å². The smallest absolute Gasteiger partial charge is 0.129 e. The minimum absolute atomic E-state index is 1.02. The highest BCUT2D eigenvalue weighted by Gasteiger charge is 2.12. The van der Waals surface area contributed by atoms with Crippen LogP contribution in [-0.4, -0.2) is 34.8 Å². The molecule has 2 rings (SSSR count). The zero-order chi connectivity index (χ0) is 19.5. The van der Waals surface area contributed by atoms with Crippen molar-refractivity contribution in [1.82, 2.24) is 4.57 Å². The summed E-state index contributed by atoms with van der Waals surface area (Å²) in [5.41, 5.74) is 11.3. The molecule has 0 bridgehead atoms. The Balaban J connectivity index is 2.59. The van der Waals surface area contributed by atoms with Crippen molar-refractivity contribution in [3.05, 3.63) is 47.8 Å². The minimum atomic E-state index is -1.44. The summed E-state index contributed by atoms with van der Waals surface area (Å²) in [6, 6.07) is 12.8. The standard InChI is InChI=1S/C22H30N2Si2/c1-23(2)19-9-11-20(12-10-19)24-21(15-17-25(3,4)5)13-14-22(24)16-18-26(6,7)8/h9-14H,1-8H3. The molecule has 1 aromatic heterocycles. The lowest BCUT2D eigenvalue weighted by Gasteiger charge is -2.14. The van der Waals surface area contributed by atoms with Crippen molar-refractivity contribution < 1.29 is 0 Å². The molecule has 0 fully saturated rings. The summed E-state index contributed by atoms with van der Waals surface area (Å²) in [6.45, 7) is 13.6. The molecule has 2 aromatic rings. The second kappa shape index (κ2) is 7.62. The van der Waals surface area contributed by atoms with Gasteiger partial charge in [0.2, 0.25) is 0 Å². The lowest BCUT2D eigenvalue weighted by atomic mass is 10.2. The van der Waals surface area contributed by atoms with Gasteiger partial charge in [-0.3, -0.25) is 4.57 Å². The van der Waals surface area contributed by atoms with Gasteiger partial charge in [0.15, 0.2) is 0 Å². The van der Waals surface area contributed by atoms with Crippen LogP contribution in [0.3, 0.4) is 0 Å². The van der Waals surface area contributed by atoms with Gasteiger partial charge in [-0.05, 0) is 36.4 Å². The van der Waals surface area contributed by atoms with E-state index in [1.807, 2.05) is 0 Å². The Bertz CT molecular complexity index is 835. The van der Waals surface area contributed by atoms with Crippen LogP contribution in [0.1, 0.15) is 11.4 Å². The molecular weight excluding hydrogens is 348 g/mol. The molecule has 0 aliphatic rings. The second-order valence-electron chi connectivity index (χ2n) is 8.85. The number of benzene rings is 1. The van der Waals surface area contributed by atoms with Crippen molar-refractivity contribution in [3.63, 3.8) is 0 Å². The van der Waals surface area contributed by atoms with Crippen LogP contribution in [0.4, 0.5) is 5.69 Å². The Labute approximate surface area is 161 Å². The van der Waals surface area contributed by atoms with E-state index in [9.17, 15) is 0 Å². The number of hydrogen-bond donors (Lipinski definition) is 0. The number of anilines is 1. The highest BCUT2D eigenvalue weighted by atomic mass is 28.3. The number of rotatable bonds is 2. The molecule has 0 radical (unpaired) electrons. The molecule has 0 saturated heterocycles. The Kier molecular flexibility index (Phi) is 5.91. The second-order valence-corrected chi connectivity index (χ2v) is 18.4.